The fourth-order valence-corrected chi connectivity index (χ4v) is 2.89. The van der Waals surface area contributed by atoms with E-state index in [1.807, 2.05) is 0 Å². The summed E-state index contributed by atoms with van der Waals surface area (Å²) in [6.07, 6.45) is 1.65. The first kappa shape index (κ1) is 13.6. The number of piperidine rings is 1. The van der Waals surface area contributed by atoms with Crippen LogP contribution < -0.4 is 5.32 Å². The molecule has 1 aromatic rings. The lowest BCUT2D eigenvalue weighted by molar-refractivity contribution is -0.143. The van der Waals surface area contributed by atoms with E-state index in [4.69, 9.17) is 5.11 Å². The number of nitrogens with one attached hydrogen (secondary N) is 1. The van der Waals surface area contributed by atoms with Crippen molar-refractivity contribution in [2.75, 3.05) is 18.4 Å². The van der Waals surface area contributed by atoms with Crippen molar-refractivity contribution in [1.29, 1.82) is 0 Å². The SMILES string of the molecule is O=C1Cc2ccc(C(=O)N3CCC[C@@H](C(=O)O)C3)cc2N1. The van der Waals surface area contributed by atoms with Crippen LogP contribution in [0.5, 0.6) is 0 Å². The van der Waals surface area contributed by atoms with E-state index in [2.05, 4.69) is 5.32 Å². The maximum atomic E-state index is 12.5. The van der Waals surface area contributed by atoms with Gasteiger partial charge in [-0.25, -0.2) is 0 Å². The molecular weight excluding hydrogens is 272 g/mol. The molecule has 2 heterocycles. The van der Waals surface area contributed by atoms with Crippen molar-refractivity contribution in [2.24, 2.45) is 5.92 Å². The zero-order valence-corrected chi connectivity index (χ0v) is 11.5. The average molecular weight is 288 g/mol. The van der Waals surface area contributed by atoms with Gasteiger partial charge in [-0.15, -0.1) is 0 Å². The average Bonchev–Trinajstić information content (AvgIpc) is 2.85. The summed E-state index contributed by atoms with van der Waals surface area (Å²) in [5.74, 6) is -1.59. The standard InChI is InChI=1S/C15H16N2O4/c18-13-7-9-3-4-10(6-12(9)16-13)14(19)17-5-1-2-11(8-17)15(20)21/h3-4,6,11H,1-2,5,7-8H2,(H,16,18)(H,20,21)/t11-/m1/s1. The maximum Gasteiger partial charge on any atom is 0.308 e. The first-order valence-electron chi connectivity index (χ1n) is 6.99. The highest BCUT2D eigenvalue weighted by atomic mass is 16.4. The van der Waals surface area contributed by atoms with Gasteiger partial charge in [-0.05, 0) is 30.5 Å². The Balaban J connectivity index is 1.78. The van der Waals surface area contributed by atoms with Crippen molar-refractivity contribution in [3.63, 3.8) is 0 Å². The van der Waals surface area contributed by atoms with Crippen LogP contribution >= 0.6 is 0 Å². The quantitative estimate of drug-likeness (QED) is 0.853. The van der Waals surface area contributed by atoms with Crippen LogP contribution in [0.4, 0.5) is 5.69 Å². The van der Waals surface area contributed by atoms with Crippen LogP contribution in [-0.2, 0) is 16.0 Å². The molecule has 1 saturated heterocycles. The van der Waals surface area contributed by atoms with Crippen LogP contribution in [0.1, 0.15) is 28.8 Å². The van der Waals surface area contributed by atoms with Gasteiger partial charge in [0.25, 0.3) is 5.91 Å². The van der Waals surface area contributed by atoms with Gasteiger partial charge in [-0.3, -0.25) is 14.4 Å². The monoisotopic (exact) mass is 288 g/mol. The van der Waals surface area contributed by atoms with Crippen molar-refractivity contribution in [2.45, 2.75) is 19.3 Å². The molecule has 0 aliphatic carbocycles. The van der Waals surface area contributed by atoms with Gasteiger partial charge in [0.05, 0.1) is 12.3 Å². The van der Waals surface area contributed by atoms with Gasteiger partial charge in [0.2, 0.25) is 5.91 Å². The van der Waals surface area contributed by atoms with E-state index in [0.717, 1.165) is 5.56 Å². The van der Waals surface area contributed by atoms with E-state index >= 15 is 0 Å². The number of hydrogen-bond acceptors (Lipinski definition) is 3. The van der Waals surface area contributed by atoms with Gasteiger partial charge in [-0.1, -0.05) is 6.07 Å². The van der Waals surface area contributed by atoms with Crippen LogP contribution in [0, 0.1) is 5.92 Å². The number of carboxylic acid groups (broad SMARTS) is 1. The third kappa shape index (κ3) is 2.61. The Hall–Kier alpha value is -2.37. The number of amides is 2. The number of hydrogen-bond donors (Lipinski definition) is 2. The van der Waals surface area contributed by atoms with E-state index in [-0.39, 0.29) is 18.4 Å². The molecule has 0 spiro atoms. The van der Waals surface area contributed by atoms with Gasteiger partial charge >= 0.3 is 5.97 Å². The third-order valence-electron chi connectivity index (χ3n) is 4.04. The molecule has 2 N–H and O–H groups in total. The zero-order valence-electron chi connectivity index (χ0n) is 11.5. The molecule has 0 radical (unpaired) electrons. The molecule has 2 amide bonds. The van der Waals surface area contributed by atoms with E-state index < -0.39 is 11.9 Å². The van der Waals surface area contributed by atoms with Crippen LogP contribution in [-0.4, -0.2) is 40.9 Å². The van der Waals surface area contributed by atoms with Crippen LogP contribution in [0.25, 0.3) is 0 Å². The van der Waals surface area contributed by atoms with Gasteiger partial charge in [0.1, 0.15) is 0 Å². The van der Waals surface area contributed by atoms with E-state index in [1.165, 1.54) is 0 Å². The van der Waals surface area contributed by atoms with Gasteiger partial charge in [0.15, 0.2) is 0 Å². The number of carbonyl (C=O) groups excluding carboxylic acids is 2. The lowest BCUT2D eigenvalue weighted by Gasteiger charge is -2.30. The summed E-state index contributed by atoms with van der Waals surface area (Å²) >= 11 is 0. The summed E-state index contributed by atoms with van der Waals surface area (Å²) in [6, 6.07) is 5.15. The van der Waals surface area contributed by atoms with E-state index in [1.54, 1.807) is 23.1 Å². The summed E-state index contributed by atoms with van der Waals surface area (Å²) in [5.41, 5.74) is 2.05. The highest BCUT2D eigenvalue weighted by Crippen LogP contribution is 2.26. The van der Waals surface area contributed by atoms with Gasteiger partial charge in [-0.2, -0.15) is 0 Å². The van der Waals surface area contributed by atoms with E-state index in [9.17, 15) is 14.4 Å². The Labute approximate surface area is 121 Å². The molecule has 1 fully saturated rings. The van der Waals surface area contributed by atoms with Crippen molar-refractivity contribution in [3.05, 3.63) is 29.3 Å². The number of aliphatic carboxylic acids is 1. The molecule has 0 bridgehead atoms. The predicted molar refractivity (Wildman–Crippen MR) is 75.0 cm³/mol. The van der Waals surface area contributed by atoms with Crippen molar-refractivity contribution < 1.29 is 19.5 Å². The molecule has 2 aliphatic heterocycles. The Morgan fingerprint density at radius 2 is 2.14 bits per heavy atom. The highest BCUT2D eigenvalue weighted by Gasteiger charge is 2.29. The molecule has 110 valence electrons. The number of rotatable bonds is 2. The van der Waals surface area contributed by atoms with Crippen molar-refractivity contribution in [1.82, 2.24) is 4.90 Å². The first-order valence-corrected chi connectivity index (χ1v) is 6.99. The Morgan fingerprint density at radius 1 is 1.33 bits per heavy atom. The minimum absolute atomic E-state index is 0.0708. The van der Waals surface area contributed by atoms with Crippen LogP contribution in [0.3, 0.4) is 0 Å². The molecule has 6 heteroatoms. The second kappa shape index (κ2) is 5.20. The fraction of sp³-hybridized carbons (Fsp3) is 0.400. The van der Waals surface area contributed by atoms with E-state index in [0.29, 0.717) is 37.1 Å². The van der Waals surface area contributed by atoms with Gasteiger partial charge < -0.3 is 15.3 Å². The summed E-state index contributed by atoms with van der Waals surface area (Å²) in [6.45, 7) is 0.823. The van der Waals surface area contributed by atoms with Crippen molar-refractivity contribution >= 4 is 23.5 Å². The molecule has 0 unspecified atom stereocenters. The Morgan fingerprint density at radius 3 is 2.90 bits per heavy atom. The number of likely N-dealkylation sites (tertiary alicyclic amines) is 1. The number of carbonyl (C=O) groups is 3. The molecule has 2 aliphatic rings. The molecule has 21 heavy (non-hydrogen) atoms. The second-order valence-electron chi connectivity index (χ2n) is 5.53. The fourth-order valence-electron chi connectivity index (χ4n) is 2.89. The number of carboxylic acids is 1. The Kier molecular flexibility index (Phi) is 3.37. The predicted octanol–water partition coefficient (Wildman–Crippen LogP) is 1.12. The van der Waals surface area contributed by atoms with Gasteiger partial charge in [0, 0.05) is 24.3 Å². The maximum absolute atomic E-state index is 12.5. The van der Waals surface area contributed by atoms with Crippen LogP contribution in [0.15, 0.2) is 18.2 Å². The van der Waals surface area contributed by atoms with Crippen molar-refractivity contribution in [3.8, 4) is 0 Å². The molecule has 3 rings (SSSR count). The smallest absolute Gasteiger partial charge is 0.308 e. The topological polar surface area (TPSA) is 86.7 Å². The number of anilines is 1. The molecule has 0 aromatic heterocycles. The lowest BCUT2D eigenvalue weighted by atomic mass is 9.97. The number of fused-ring (bicyclic) bond motifs is 1. The highest BCUT2D eigenvalue weighted by molar-refractivity contribution is 6.02. The number of benzene rings is 1. The molecule has 0 saturated carbocycles. The van der Waals surface area contributed by atoms with Crippen LogP contribution in [0.2, 0.25) is 0 Å². The zero-order chi connectivity index (χ0) is 15.0. The summed E-state index contributed by atoms with van der Waals surface area (Å²) in [4.78, 5) is 36.4. The molecular formula is C15H16N2O4. The summed E-state index contributed by atoms with van der Waals surface area (Å²) in [5, 5.41) is 11.8. The lowest BCUT2D eigenvalue weighted by Crippen LogP contribution is -2.42. The summed E-state index contributed by atoms with van der Waals surface area (Å²) in [7, 11) is 0. The number of nitrogens with zero attached hydrogens (tertiary/aromatic N) is 1. The Bertz CT molecular complexity index is 626. The second-order valence-corrected chi connectivity index (χ2v) is 5.53. The minimum Gasteiger partial charge on any atom is -0.481 e. The normalized spacial score (nSPS) is 20.9. The third-order valence-corrected chi connectivity index (χ3v) is 4.04. The molecule has 6 nitrogen and oxygen atoms in total. The molecule has 1 aromatic carbocycles. The first-order chi connectivity index (χ1) is 10.0. The molecule has 1 atom stereocenters. The minimum atomic E-state index is -0.853. The largest absolute Gasteiger partial charge is 0.481 e. The summed E-state index contributed by atoms with van der Waals surface area (Å²) < 4.78 is 0.